The SMILES string of the molecule is COc1ccc(Cc2nc3c(c(C4CC4)nn3[C@@H](C)c3ccc(C(F)(F)F)nc3)c(=O)[nH]2)nc1. The summed E-state index contributed by atoms with van der Waals surface area (Å²) in [6, 6.07) is 5.40. The number of aromatic amines is 1. The van der Waals surface area contributed by atoms with E-state index >= 15 is 0 Å². The Labute approximate surface area is 191 Å². The summed E-state index contributed by atoms with van der Waals surface area (Å²) in [6.07, 6.45) is 0.403. The second-order valence-corrected chi connectivity index (χ2v) is 8.33. The van der Waals surface area contributed by atoms with E-state index in [9.17, 15) is 18.0 Å². The van der Waals surface area contributed by atoms with Crippen molar-refractivity contribution in [3.8, 4) is 5.75 Å². The van der Waals surface area contributed by atoms with Crippen LogP contribution in [0, 0.1) is 0 Å². The summed E-state index contributed by atoms with van der Waals surface area (Å²) in [5.74, 6) is 1.21. The maximum atomic E-state index is 13.0. The van der Waals surface area contributed by atoms with Crippen LogP contribution in [0.3, 0.4) is 0 Å². The number of rotatable bonds is 6. The lowest BCUT2D eigenvalue weighted by Gasteiger charge is -2.14. The first-order valence-corrected chi connectivity index (χ1v) is 10.8. The molecule has 8 nitrogen and oxygen atoms in total. The monoisotopic (exact) mass is 470 g/mol. The maximum absolute atomic E-state index is 13.0. The van der Waals surface area contributed by atoms with E-state index in [4.69, 9.17) is 4.74 Å². The second-order valence-electron chi connectivity index (χ2n) is 8.33. The van der Waals surface area contributed by atoms with E-state index in [0.29, 0.717) is 39.6 Å². The Morgan fingerprint density at radius 2 is 1.97 bits per heavy atom. The zero-order valence-electron chi connectivity index (χ0n) is 18.4. The van der Waals surface area contributed by atoms with Gasteiger partial charge in [0, 0.05) is 24.2 Å². The molecule has 1 atom stereocenters. The highest BCUT2D eigenvalue weighted by atomic mass is 19.4. The number of nitrogens with zero attached hydrogens (tertiary/aromatic N) is 5. The fourth-order valence-corrected chi connectivity index (χ4v) is 3.88. The Bertz CT molecular complexity index is 1390. The van der Waals surface area contributed by atoms with Gasteiger partial charge in [-0.1, -0.05) is 6.07 Å². The van der Waals surface area contributed by atoms with E-state index in [1.807, 2.05) is 0 Å². The zero-order valence-corrected chi connectivity index (χ0v) is 18.4. The van der Waals surface area contributed by atoms with Crippen molar-refractivity contribution in [3.05, 3.63) is 75.5 Å². The number of H-pyrrole nitrogens is 1. The normalized spacial score (nSPS) is 15.0. The number of nitrogens with one attached hydrogen (secondary N) is 1. The van der Waals surface area contributed by atoms with Crippen LogP contribution in [-0.2, 0) is 12.6 Å². The minimum atomic E-state index is -4.52. The van der Waals surface area contributed by atoms with Gasteiger partial charge in [-0.15, -0.1) is 0 Å². The second kappa shape index (κ2) is 8.23. The van der Waals surface area contributed by atoms with Gasteiger partial charge in [-0.25, -0.2) is 9.67 Å². The van der Waals surface area contributed by atoms with Gasteiger partial charge >= 0.3 is 6.18 Å². The van der Waals surface area contributed by atoms with Crippen LogP contribution < -0.4 is 10.3 Å². The van der Waals surface area contributed by atoms with Crippen molar-refractivity contribution in [2.24, 2.45) is 0 Å². The molecule has 1 saturated carbocycles. The summed E-state index contributed by atoms with van der Waals surface area (Å²) in [7, 11) is 1.55. The molecule has 11 heteroatoms. The van der Waals surface area contributed by atoms with Crippen LogP contribution in [0.15, 0.2) is 41.5 Å². The highest BCUT2D eigenvalue weighted by molar-refractivity contribution is 5.78. The molecule has 1 fully saturated rings. The Morgan fingerprint density at radius 3 is 2.56 bits per heavy atom. The van der Waals surface area contributed by atoms with Crippen LogP contribution in [0.5, 0.6) is 5.75 Å². The number of ether oxygens (including phenoxy) is 1. The van der Waals surface area contributed by atoms with Crippen LogP contribution >= 0.6 is 0 Å². The quantitative estimate of drug-likeness (QED) is 0.457. The van der Waals surface area contributed by atoms with Crippen LogP contribution in [0.25, 0.3) is 11.0 Å². The van der Waals surface area contributed by atoms with Gasteiger partial charge < -0.3 is 9.72 Å². The van der Waals surface area contributed by atoms with E-state index < -0.39 is 17.9 Å². The van der Waals surface area contributed by atoms with Gasteiger partial charge in [-0.05, 0) is 43.5 Å². The average molecular weight is 470 g/mol. The third-order valence-electron chi connectivity index (χ3n) is 5.91. The molecule has 0 amide bonds. The first-order chi connectivity index (χ1) is 16.2. The number of methoxy groups -OCH3 is 1. The van der Waals surface area contributed by atoms with Crippen LogP contribution in [-0.4, -0.2) is 36.8 Å². The third-order valence-corrected chi connectivity index (χ3v) is 5.91. The number of hydrogen-bond acceptors (Lipinski definition) is 6. The maximum Gasteiger partial charge on any atom is 0.433 e. The van der Waals surface area contributed by atoms with Gasteiger partial charge in [0.05, 0.1) is 25.0 Å². The molecule has 1 aliphatic rings. The first-order valence-electron chi connectivity index (χ1n) is 10.8. The molecular weight excluding hydrogens is 449 g/mol. The van der Waals surface area contributed by atoms with Gasteiger partial charge in [-0.2, -0.15) is 18.3 Å². The molecule has 5 rings (SSSR count). The van der Waals surface area contributed by atoms with Gasteiger partial charge in [0.2, 0.25) is 0 Å². The largest absolute Gasteiger partial charge is 0.495 e. The van der Waals surface area contributed by atoms with Crippen molar-refractivity contribution in [2.75, 3.05) is 7.11 Å². The fourth-order valence-electron chi connectivity index (χ4n) is 3.88. The van der Waals surface area contributed by atoms with Gasteiger partial charge in [0.25, 0.3) is 5.56 Å². The van der Waals surface area contributed by atoms with Crippen molar-refractivity contribution >= 4 is 11.0 Å². The smallest absolute Gasteiger partial charge is 0.433 e. The van der Waals surface area contributed by atoms with Crippen LogP contribution in [0.4, 0.5) is 13.2 Å². The van der Waals surface area contributed by atoms with E-state index in [2.05, 4.69) is 25.0 Å². The molecule has 1 aliphatic carbocycles. The van der Waals surface area contributed by atoms with Crippen molar-refractivity contribution in [2.45, 2.75) is 44.3 Å². The topological polar surface area (TPSA) is 98.6 Å². The molecule has 0 bridgehead atoms. The lowest BCUT2D eigenvalue weighted by atomic mass is 10.1. The minimum absolute atomic E-state index is 0.179. The van der Waals surface area contributed by atoms with E-state index in [1.165, 1.54) is 12.3 Å². The lowest BCUT2D eigenvalue weighted by Crippen LogP contribution is -2.16. The first kappa shape index (κ1) is 22.1. The highest BCUT2D eigenvalue weighted by Crippen LogP contribution is 2.42. The number of halogens is 3. The van der Waals surface area contributed by atoms with Crippen molar-refractivity contribution in [3.63, 3.8) is 0 Å². The van der Waals surface area contributed by atoms with Crippen molar-refractivity contribution in [1.82, 2.24) is 29.7 Å². The summed E-state index contributed by atoms with van der Waals surface area (Å²) < 4.78 is 45.5. The summed E-state index contributed by atoms with van der Waals surface area (Å²) in [6.45, 7) is 1.79. The molecule has 0 aromatic carbocycles. The molecule has 0 unspecified atom stereocenters. The summed E-state index contributed by atoms with van der Waals surface area (Å²) in [5.41, 5.74) is 1.03. The Kier molecular flexibility index (Phi) is 5.34. The zero-order chi connectivity index (χ0) is 24.0. The number of aromatic nitrogens is 6. The number of hydrogen-bond donors (Lipinski definition) is 1. The molecule has 0 aliphatic heterocycles. The minimum Gasteiger partial charge on any atom is -0.495 e. The van der Waals surface area contributed by atoms with Gasteiger partial charge in [0.1, 0.15) is 22.7 Å². The van der Waals surface area contributed by atoms with Gasteiger partial charge in [-0.3, -0.25) is 14.8 Å². The van der Waals surface area contributed by atoms with Gasteiger partial charge in [0.15, 0.2) is 5.65 Å². The summed E-state index contributed by atoms with van der Waals surface area (Å²) in [5, 5.41) is 5.10. The Morgan fingerprint density at radius 1 is 1.18 bits per heavy atom. The molecule has 4 aromatic heterocycles. The number of pyridine rings is 2. The highest BCUT2D eigenvalue weighted by Gasteiger charge is 2.34. The predicted molar refractivity (Wildman–Crippen MR) is 117 cm³/mol. The Hall–Kier alpha value is -3.76. The van der Waals surface area contributed by atoms with E-state index in [-0.39, 0.29) is 17.9 Å². The number of fused-ring (bicyclic) bond motifs is 1. The van der Waals surface area contributed by atoms with Crippen LogP contribution in [0.1, 0.15) is 60.2 Å². The van der Waals surface area contributed by atoms with Crippen LogP contribution in [0.2, 0.25) is 0 Å². The van der Waals surface area contributed by atoms with Crippen molar-refractivity contribution < 1.29 is 17.9 Å². The predicted octanol–water partition coefficient (Wildman–Crippen LogP) is 4.01. The fraction of sp³-hybridized carbons (Fsp3) is 0.348. The molecular formula is C23H21F3N6O2. The number of alkyl halides is 3. The molecule has 0 spiro atoms. The molecule has 34 heavy (non-hydrogen) atoms. The van der Waals surface area contributed by atoms with E-state index in [0.717, 1.165) is 18.9 Å². The molecule has 1 N–H and O–H groups in total. The molecule has 0 radical (unpaired) electrons. The van der Waals surface area contributed by atoms with E-state index in [1.54, 1.807) is 37.0 Å². The molecule has 4 aromatic rings. The third kappa shape index (κ3) is 4.13. The molecule has 176 valence electrons. The standard InChI is InChI=1S/C23H21F3N6O2/c1-12(14-5-8-17(28-10-14)23(24,25)26)32-21-19(20(31-32)13-3-4-13)22(33)30-18(29-21)9-15-6-7-16(34-2)11-27-15/h5-8,10-13H,3-4,9H2,1-2H3,(H,29,30,33)/t12-/m0/s1. The summed E-state index contributed by atoms with van der Waals surface area (Å²) >= 11 is 0. The molecule has 0 saturated heterocycles. The lowest BCUT2D eigenvalue weighted by molar-refractivity contribution is -0.141. The molecule has 4 heterocycles. The average Bonchev–Trinajstić information content (AvgIpc) is 3.59. The Balaban J connectivity index is 1.56. The summed E-state index contributed by atoms with van der Waals surface area (Å²) in [4.78, 5) is 28.4. The van der Waals surface area contributed by atoms with Crippen molar-refractivity contribution in [1.29, 1.82) is 0 Å².